The number of alkyl halides is 1. The number of Topliss-reactive ketones (excluding diaryl/α,β-unsaturated/α-hetero) is 1. The average Bonchev–Trinajstić information content (AvgIpc) is 2.99. The zero-order valence-electron chi connectivity index (χ0n) is 22.1. The maximum atomic E-state index is 13.8. The second-order valence-electron chi connectivity index (χ2n) is 9.50. The predicted octanol–water partition coefficient (Wildman–Crippen LogP) is 4.35. The zero-order chi connectivity index (χ0) is 30.2. The number of amides is 2. The van der Waals surface area contributed by atoms with Crippen molar-refractivity contribution < 1.29 is 24.2 Å². The molecule has 3 aromatic carbocycles. The number of likely N-dealkylation sites (tertiary alicyclic amines) is 1. The number of carbonyl (C=O) groups is 3. The van der Waals surface area contributed by atoms with Crippen molar-refractivity contribution in [1.29, 1.82) is 0 Å². The highest BCUT2D eigenvalue weighted by atomic mass is 35.5. The SMILES string of the molecule is O=C(CCl)N[C@@H](Cc1ccccc1)C(=O)N1C/C(=C\c2ccc([N+](=O)[O-])cc2)C(=O)/C(=C/c2ccc([N+](=O)[O-])cc2)C1. The first-order valence-electron chi connectivity index (χ1n) is 12.8. The third-order valence-corrected chi connectivity index (χ3v) is 6.79. The molecule has 1 heterocycles. The van der Waals surface area contributed by atoms with Gasteiger partial charge in [-0.3, -0.25) is 34.6 Å². The Balaban J connectivity index is 1.71. The number of nitro groups is 2. The maximum absolute atomic E-state index is 13.8. The first kappa shape index (κ1) is 29.8. The first-order valence-corrected chi connectivity index (χ1v) is 13.3. The molecule has 1 N–H and O–H groups in total. The van der Waals surface area contributed by atoms with Gasteiger partial charge in [0.05, 0.1) is 9.85 Å². The van der Waals surface area contributed by atoms with Gasteiger partial charge in [0, 0.05) is 54.9 Å². The third kappa shape index (κ3) is 7.52. The number of rotatable bonds is 9. The number of nitrogens with one attached hydrogen (secondary N) is 1. The highest BCUT2D eigenvalue weighted by Gasteiger charge is 2.33. The molecule has 1 atom stereocenters. The Bertz CT molecular complexity index is 1490. The molecular weight excluding hydrogens is 564 g/mol. The number of piperidine rings is 1. The van der Waals surface area contributed by atoms with Crippen LogP contribution in [0.25, 0.3) is 12.2 Å². The predicted molar refractivity (Wildman–Crippen MR) is 157 cm³/mol. The number of benzene rings is 3. The normalized spacial score (nSPS) is 15.8. The van der Waals surface area contributed by atoms with Crippen molar-refractivity contribution in [2.45, 2.75) is 12.5 Å². The lowest BCUT2D eigenvalue weighted by Crippen LogP contribution is -2.53. The van der Waals surface area contributed by atoms with E-state index >= 15 is 0 Å². The Labute approximate surface area is 245 Å². The fourth-order valence-electron chi connectivity index (χ4n) is 4.49. The van der Waals surface area contributed by atoms with Gasteiger partial charge in [-0.05, 0) is 53.1 Å². The quantitative estimate of drug-likeness (QED) is 0.169. The molecule has 0 spiro atoms. The summed E-state index contributed by atoms with van der Waals surface area (Å²) < 4.78 is 0. The van der Waals surface area contributed by atoms with Crippen molar-refractivity contribution in [3.8, 4) is 0 Å². The standard InChI is InChI=1S/C30H25ClN4O7/c31-17-28(36)32-27(16-20-4-2-1-3-5-20)30(38)33-18-23(14-21-6-10-25(11-7-21)34(39)40)29(37)24(19-33)15-22-8-12-26(13-9-22)35(41)42/h1-15,27H,16-19H2,(H,32,36)/b23-14+,24-15+/t27-/m0/s1. The van der Waals surface area contributed by atoms with Crippen molar-refractivity contribution in [1.82, 2.24) is 10.2 Å². The monoisotopic (exact) mass is 588 g/mol. The summed E-state index contributed by atoms with van der Waals surface area (Å²) in [5.74, 6) is -1.65. The Morgan fingerprint density at radius 1 is 0.833 bits per heavy atom. The van der Waals surface area contributed by atoms with Crippen LogP contribution in [0, 0.1) is 20.2 Å². The summed E-state index contributed by atoms with van der Waals surface area (Å²) in [4.78, 5) is 62.1. The van der Waals surface area contributed by atoms with Gasteiger partial charge in [0.25, 0.3) is 11.4 Å². The highest BCUT2D eigenvalue weighted by molar-refractivity contribution is 6.27. The molecule has 0 saturated carbocycles. The minimum atomic E-state index is -0.965. The third-order valence-electron chi connectivity index (χ3n) is 6.54. The molecule has 0 aromatic heterocycles. The molecule has 214 valence electrons. The van der Waals surface area contributed by atoms with Crippen LogP contribution in [0.4, 0.5) is 11.4 Å². The number of nitro benzene ring substituents is 2. The molecule has 0 unspecified atom stereocenters. The summed E-state index contributed by atoms with van der Waals surface area (Å²) in [6, 6.07) is 19.4. The van der Waals surface area contributed by atoms with E-state index in [0.29, 0.717) is 11.1 Å². The van der Waals surface area contributed by atoms with Crippen molar-refractivity contribution >= 4 is 52.7 Å². The molecule has 42 heavy (non-hydrogen) atoms. The molecule has 3 aromatic rings. The lowest BCUT2D eigenvalue weighted by molar-refractivity contribution is -0.385. The second kappa shape index (κ2) is 13.5. The van der Waals surface area contributed by atoms with Gasteiger partial charge in [-0.15, -0.1) is 11.6 Å². The Hall–Kier alpha value is -5.16. The summed E-state index contributed by atoms with van der Waals surface area (Å²) in [5.41, 5.74) is 2.12. The van der Waals surface area contributed by atoms with Gasteiger partial charge >= 0.3 is 0 Å². The minimum Gasteiger partial charge on any atom is -0.343 e. The first-order chi connectivity index (χ1) is 20.1. The molecule has 0 aliphatic carbocycles. The van der Waals surface area contributed by atoms with E-state index in [1.54, 1.807) is 12.2 Å². The largest absolute Gasteiger partial charge is 0.343 e. The number of hydrogen-bond acceptors (Lipinski definition) is 7. The van der Waals surface area contributed by atoms with E-state index in [9.17, 15) is 34.6 Å². The number of ketones is 1. The number of non-ortho nitro benzene ring substituents is 2. The molecule has 1 saturated heterocycles. The molecule has 1 aliphatic rings. The van der Waals surface area contributed by atoms with Crippen molar-refractivity contribution in [3.63, 3.8) is 0 Å². The van der Waals surface area contributed by atoms with E-state index in [-0.39, 0.29) is 53.7 Å². The van der Waals surface area contributed by atoms with Gasteiger partial charge in [0.1, 0.15) is 11.9 Å². The molecule has 11 nitrogen and oxygen atoms in total. The van der Waals surface area contributed by atoms with E-state index in [1.807, 2.05) is 30.3 Å². The van der Waals surface area contributed by atoms with Crippen LogP contribution in [0.3, 0.4) is 0 Å². The van der Waals surface area contributed by atoms with Gasteiger partial charge in [0.2, 0.25) is 11.8 Å². The average molecular weight is 589 g/mol. The van der Waals surface area contributed by atoms with Gasteiger partial charge in [-0.2, -0.15) is 0 Å². The molecule has 1 aliphatic heterocycles. The van der Waals surface area contributed by atoms with Crippen LogP contribution >= 0.6 is 11.6 Å². The number of halogens is 1. The van der Waals surface area contributed by atoms with Crippen molar-refractivity contribution in [3.05, 3.63) is 127 Å². The van der Waals surface area contributed by atoms with E-state index in [1.165, 1.54) is 53.4 Å². The van der Waals surface area contributed by atoms with Gasteiger partial charge in [-0.25, -0.2) is 0 Å². The van der Waals surface area contributed by atoms with Crippen LogP contribution in [0.2, 0.25) is 0 Å². The van der Waals surface area contributed by atoms with E-state index < -0.39 is 27.7 Å². The molecule has 0 radical (unpaired) electrons. The zero-order valence-corrected chi connectivity index (χ0v) is 22.9. The highest BCUT2D eigenvalue weighted by Crippen LogP contribution is 2.25. The summed E-state index contributed by atoms with van der Waals surface area (Å²) in [6.07, 6.45) is 3.30. The van der Waals surface area contributed by atoms with E-state index in [4.69, 9.17) is 11.6 Å². The molecule has 2 amide bonds. The topological polar surface area (TPSA) is 153 Å². The summed E-state index contributed by atoms with van der Waals surface area (Å²) in [5, 5.41) is 24.8. The summed E-state index contributed by atoms with van der Waals surface area (Å²) in [6.45, 7) is -0.150. The van der Waals surface area contributed by atoms with Crippen LogP contribution in [0.15, 0.2) is 90.0 Å². The molecular formula is C30H25ClN4O7. The summed E-state index contributed by atoms with van der Waals surface area (Å²) in [7, 11) is 0. The van der Waals surface area contributed by atoms with Gasteiger partial charge in [0.15, 0.2) is 5.78 Å². The molecule has 0 bridgehead atoms. The van der Waals surface area contributed by atoms with E-state index in [2.05, 4.69) is 5.32 Å². The number of hydrogen-bond donors (Lipinski definition) is 1. The smallest absolute Gasteiger partial charge is 0.269 e. The van der Waals surface area contributed by atoms with E-state index in [0.717, 1.165) is 5.56 Å². The molecule has 12 heteroatoms. The maximum Gasteiger partial charge on any atom is 0.269 e. The van der Waals surface area contributed by atoms with Crippen LogP contribution < -0.4 is 5.32 Å². The van der Waals surface area contributed by atoms with Gasteiger partial charge in [-0.1, -0.05) is 30.3 Å². The van der Waals surface area contributed by atoms with Crippen molar-refractivity contribution in [2.75, 3.05) is 19.0 Å². The number of carbonyl (C=O) groups excluding carboxylic acids is 3. The van der Waals surface area contributed by atoms with Crippen molar-refractivity contribution in [2.24, 2.45) is 0 Å². The van der Waals surface area contributed by atoms with Gasteiger partial charge < -0.3 is 10.2 Å². The lowest BCUT2D eigenvalue weighted by atomic mass is 9.93. The lowest BCUT2D eigenvalue weighted by Gasteiger charge is -2.33. The second-order valence-corrected chi connectivity index (χ2v) is 9.77. The van der Waals surface area contributed by atoms with Crippen LogP contribution in [-0.4, -0.2) is 57.4 Å². The van der Waals surface area contributed by atoms with Crippen LogP contribution in [0.1, 0.15) is 16.7 Å². The Morgan fingerprint density at radius 3 is 1.74 bits per heavy atom. The number of nitrogens with zero attached hydrogens (tertiary/aromatic N) is 3. The minimum absolute atomic E-state index is 0.0751. The Kier molecular flexibility index (Phi) is 9.56. The fraction of sp³-hybridized carbons (Fsp3) is 0.167. The molecule has 1 fully saturated rings. The fourth-order valence-corrected chi connectivity index (χ4v) is 4.56. The Morgan fingerprint density at radius 2 is 1.31 bits per heavy atom. The van der Waals surface area contributed by atoms with Crippen LogP contribution in [-0.2, 0) is 20.8 Å². The van der Waals surface area contributed by atoms with Crippen LogP contribution in [0.5, 0.6) is 0 Å². The molecule has 4 rings (SSSR count). The summed E-state index contributed by atoms with van der Waals surface area (Å²) >= 11 is 5.71.